The zero-order valence-corrected chi connectivity index (χ0v) is 11.5. The Morgan fingerprint density at radius 2 is 2.00 bits per heavy atom. The van der Waals surface area contributed by atoms with Crippen molar-refractivity contribution in [1.82, 2.24) is 0 Å². The molecule has 0 fully saturated rings. The number of nitrogen functional groups attached to an aromatic ring is 1. The number of anilines is 1. The van der Waals surface area contributed by atoms with Crippen LogP contribution < -0.4 is 10.5 Å². The van der Waals surface area contributed by atoms with Crippen LogP contribution in [0.2, 0.25) is 5.02 Å². The second-order valence-corrected chi connectivity index (χ2v) is 4.78. The molecule has 0 spiro atoms. The van der Waals surface area contributed by atoms with Crippen LogP contribution in [0.5, 0.6) is 11.5 Å². The summed E-state index contributed by atoms with van der Waals surface area (Å²) in [6, 6.07) is 12.3. The average Bonchev–Trinajstić information content (AvgIpc) is 2.34. The van der Waals surface area contributed by atoms with Gasteiger partial charge in [0.25, 0.3) is 0 Å². The second-order valence-electron chi connectivity index (χ2n) is 3.52. The van der Waals surface area contributed by atoms with Crippen LogP contribution in [0.25, 0.3) is 0 Å². The number of hydrogen-bond donors (Lipinski definition) is 1. The molecule has 2 aromatic carbocycles. The summed E-state index contributed by atoms with van der Waals surface area (Å²) >= 11 is 9.30. The van der Waals surface area contributed by atoms with E-state index in [0.29, 0.717) is 32.2 Å². The molecule has 90 valence electrons. The second kappa shape index (κ2) is 5.30. The summed E-state index contributed by atoms with van der Waals surface area (Å²) in [4.78, 5) is 0. The molecule has 2 rings (SSSR count). The van der Waals surface area contributed by atoms with Crippen molar-refractivity contribution >= 4 is 33.2 Å². The summed E-state index contributed by atoms with van der Waals surface area (Å²) in [5.41, 5.74) is 6.63. The fourth-order valence-electron chi connectivity index (χ4n) is 1.41. The van der Waals surface area contributed by atoms with E-state index in [1.54, 1.807) is 36.4 Å². The van der Waals surface area contributed by atoms with Crippen molar-refractivity contribution < 1.29 is 4.74 Å². The standard InChI is InChI=1S/C13H8BrClN2O/c14-10-2-1-3-12(9(10)7-16)18-13-6-8(17)4-5-11(13)15/h1-6H,17H2. The number of hydrogen-bond acceptors (Lipinski definition) is 3. The van der Waals surface area contributed by atoms with E-state index in [9.17, 15) is 0 Å². The molecule has 18 heavy (non-hydrogen) atoms. The highest BCUT2D eigenvalue weighted by molar-refractivity contribution is 9.10. The van der Waals surface area contributed by atoms with Crippen LogP contribution in [0.4, 0.5) is 5.69 Å². The minimum absolute atomic E-state index is 0.413. The molecule has 2 N–H and O–H groups in total. The van der Waals surface area contributed by atoms with Gasteiger partial charge in [0.1, 0.15) is 23.1 Å². The number of nitrogens with zero attached hydrogens (tertiary/aromatic N) is 1. The van der Waals surface area contributed by atoms with Gasteiger partial charge in [0.05, 0.1) is 5.02 Å². The van der Waals surface area contributed by atoms with E-state index in [1.807, 2.05) is 0 Å². The predicted molar refractivity (Wildman–Crippen MR) is 74.8 cm³/mol. The van der Waals surface area contributed by atoms with Crippen LogP contribution >= 0.6 is 27.5 Å². The van der Waals surface area contributed by atoms with Crippen LogP contribution in [0, 0.1) is 11.3 Å². The van der Waals surface area contributed by atoms with Crippen molar-refractivity contribution in [2.75, 3.05) is 5.73 Å². The van der Waals surface area contributed by atoms with E-state index in [1.165, 1.54) is 0 Å². The van der Waals surface area contributed by atoms with Gasteiger partial charge in [0.15, 0.2) is 0 Å². The van der Waals surface area contributed by atoms with Gasteiger partial charge >= 0.3 is 0 Å². The lowest BCUT2D eigenvalue weighted by Crippen LogP contribution is -1.92. The smallest absolute Gasteiger partial charge is 0.148 e. The number of halogens is 2. The van der Waals surface area contributed by atoms with Crippen molar-refractivity contribution in [2.24, 2.45) is 0 Å². The molecule has 0 atom stereocenters. The summed E-state index contributed by atoms with van der Waals surface area (Å²) in [5.74, 6) is 0.852. The third kappa shape index (κ3) is 2.58. The molecule has 0 aliphatic carbocycles. The van der Waals surface area contributed by atoms with Gasteiger partial charge in [0, 0.05) is 16.2 Å². The highest BCUT2D eigenvalue weighted by Gasteiger charge is 2.10. The lowest BCUT2D eigenvalue weighted by atomic mass is 10.2. The van der Waals surface area contributed by atoms with E-state index in [4.69, 9.17) is 27.3 Å². The zero-order chi connectivity index (χ0) is 13.1. The molecule has 0 saturated heterocycles. The summed E-state index contributed by atoms with van der Waals surface area (Å²) in [6.45, 7) is 0. The lowest BCUT2D eigenvalue weighted by molar-refractivity contribution is 0.481. The van der Waals surface area contributed by atoms with Crippen LogP contribution in [0.3, 0.4) is 0 Å². The molecule has 0 saturated carbocycles. The normalized spacial score (nSPS) is 9.83. The Bertz CT molecular complexity index is 637. The summed E-state index contributed by atoms with van der Waals surface area (Å²) in [5, 5.41) is 9.52. The first-order valence-corrected chi connectivity index (χ1v) is 6.20. The highest BCUT2D eigenvalue weighted by atomic mass is 79.9. The van der Waals surface area contributed by atoms with Gasteiger partial charge in [0.2, 0.25) is 0 Å². The lowest BCUT2D eigenvalue weighted by Gasteiger charge is -2.10. The Balaban J connectivity index is 2.44. The minimum atomic E-state index is 0.413. The molecule has 3 nitrogen and oxygen atoms in total. The first-order chi connectivity index (χ1) is 8.61. The minimum Gasteiger partial charge on any atom is -0.454 e. The first kappa shape index (κ1) is 12.7. The van der Waals surface area contributed by atoms with Crippen molar-refractivity contribution in [1.29, 1.82) is 5.26 Å². The third-order valence-electron chi connectivity index (χ3n) is 2.26. The van der Waals surface area contributed by atoms with Gasteiger partial charge in [-0.05, 0) is 40.2 Å². The number of nitrogens with two attached hydrogens (primary N) is 1. The largest absolute Gasteiger partial charge is 0.454 e. The molecule has 2 aromatic rings. The zero-order valence-electron chi connectivity index (χ0n) is 9.15. The van der Waals surface area contributed by atoms with Crippen molar-refractivity contribution in [3.63, 3.8) is 0 Å². The molecule has 0 aromatic heterocycles. The van der Waals surface area contributed by atoms with Crippen molar-refractivity contribution in [3.05, 3.63) is 51.5 Å². The summed E-state index contributed by atoms with van der Waals surface area (Å²) in [6.07, 6.45) is 0. The van der Waals surface area contributed by atoms with Gasteiger partial charge in [-0.25, -0.2) is 0 Å². The molecule has 0 aliphatic heterocycles. The first-order valence-electron chi connectivity index (χ1n) is 5.03. The van der Waals surface area contributed by atoms with E-state index >= 15 is 0 Å². The maximum absolute atomic E-state index is 9.08. The third-order valence-corrected chi connectivity index (χ3v) is 3.24. The van der Waals surface area contributed by atoms with Crippen molar-refractivity contribution in [3.8, 4) is 17.6 Å². The Hall–Kier alpha value is -1.70. The molecule has 5 heteroatoms. The predicted octanol–water partition coefficient (Wildman–Crippen LogP) is 4.35. The SMILES string of the molecule is N#Cc1c(Br)cccc1Oc1cc(N)ccc1Cl. The highest BCUT2D eigenvalue weighted by Crippen LogP contribution is 2.34. The van der Waals surface area contributed by atoms with Crippen LogP contribution in [0.1, 0.15) is 5.56 Å². The molecular formula is C13H8BrClN2O. The van der Waals surface area contributed by atoms with Gasteiger partial charge < -0.3 is 10.5 Å². The molecule has 0 bridgehead atoms. The number of benzene rings is 2. The average molecular weight is 324 g/mol. The molecule has 0 unspecified atom stereocenters. The van der Waals surface area contributed by atoms with Gasteiger partial charge in [-0.2, -0.15) is 5.26 Å². The Morgan fingerprint density at radius 1 is 1.22 bits per heavy atom. The van der Waals surface area contributed by atoms with E-state index in [2.05, 4.69) is 22.0 Å². The van der Waals surface area contributed by atoms with E-state index in [0.717, 1.165) is 0 Å². The van der Waals surface area contributed by atoms with Crippen molar-refractivity contribution in [2.45, 2.75) is 0 Å². The van der Waals surface area contributed by atoms with Crippen LogP contribution in [0.15, 0.2) is 40.9 Å². The molecule has 0 radical (unpaired) electrons. The van der Waals surface area contributed by atoms with Gasteiger partial charge in [-0.1, -0.05) is 17.7 Å². The Kier molecular flexibility index (Phi) is 3.75. The fraction of sp³-hybridized carbons (Fsp3) is 0. The molecule has 0 heterocycles. The van der Waals surface area contributed by atoms with E-state index < -0.39 is 0 Å². The summed E-state index contributed by atoms with van der Waals surface area (Å²) in [7, 11) is 0. The topological polar surface area (TPSA) is 59.0 Å². The molecule has 0 aliphatic rings. The van der Waals surface area contributed by atoms with E-state index in [-0.39, 0.29) is 0 Å². The molecular weight excluding hydrogens is 316 g/mol. The van der Waals surface area contributed by atoms with Crippen LogP contribution in [-0.4, -0.2) is 0 Å². The fourth-order valence-corrected chi connectivity index (χ4v) is 2.01. The van der Waals surface area contributed by atoms with Gasteiger partial charge in [-0.3, -0.25) is 0 Å². The maximum Gasteiger partial charge on any atom is 0.148 e. The number of nitriles is 1. The monoisotopic (exact) mass is 322 g/mol. The Morgan fingerprint density at radius 3 is 2.72 bits per heavy atom. The summed E-state index contributed by atoms with van der Waals surface area (Å²) < 4.78 is 6.30. The van der Waals surface area contributed by atoms with Crippen LogP contribution in [-0.2, 0) is 0 Å². The number of ether oxygens (including phenoxy) is 1. The quantitative estimate of drug-likeness (QED) is 0.836. The van der Waals surface area contributed by atoms with Gasteiger partial charge in [-0.15, -0.1) is 0 Å². The number of rotatable bonds is 2. The maximum atomic E-state index is 9.08. The Labute approximate surface area is 118 Å². The molecule has 0 amide bonds.